The van der Waals surface area contributed by atoms with Crippen molar-refractivity contribution in [3.63, 3.8) is 0 Å². The number of terminal acetylenes is 1. The number of hydrogen-bond donors (Lipinski definition) is 2. The number of carbonyl (C=O) groups excluding carboxylic acids is 1. The van der Waals surface area contributed by atoms with E-state index in [-0.39, 0.29) is 19.1 Å². The van der Waals surface area contributed by atoms with E-state index in [1.54, 1.807) is 11.8 Å². The van der Waals surface area contributed by atoms with Crippen molar-refractivity contribution in [2.24, 2.45) is 0 Å². The Balaban J connectivity index is 2.35. The number of ether oxygens (including phenoxy) is 1. The molecule has 1 unspecified atom stereocenters. The summed E-state index contributed by atoms with van der Waals surface area (Å²) in [6.45, 7) is 1.64. The fraction of sp³-hybridized carbons (Fsp3) is 0.667. The molecule has 0 aromatic heterocycles. The molecule has 1 rings (SSSR count). The van der Waals surface area contributed by atoms with Crippen LogP contribution in [-0.4, -0.2) is 65.9 Å². The number of nitrogens with zero attached hydrogens (tertiary/aromatic N) is 1. The van der Waals surface area contributed by atoms with Crippen molar-refractivity contribution in [1.82, 2.24) is 10.2 Å². The minimum absolute atomic E-state index is 0.0980. The fourth-order valence-corrected chi connectivity index (χ4v) is 2.26. The summed E-state index contributed by atoms with van der Waals surface area (Å²) < 4.78 is 5.21. The number of carboxylic acids is 1. The quantitative estimate of drug-likeness (QED) is 0.540. The third-order valence-corrected chi connectivity index (χ3v) is 3.47. The first-order valence-electron chi connectivity index (χ1n) is 6.00. The van der Waals surface area contributed by atoms with Crippen molar-refractivity contribution in [3.8, 4) is 12.3 Å². The van der Waals surface area contributed by atoms with Crippen molar-refractivity contribution in [2.45, 2.75) is 12.5 Å². The van der Waals surface area contributed by atoms with Crippen LogP contribution in [0.1, 0.15) is 6.42 Å². The second-order valence-electron chi connectivity index (χ2n) is 4.01. The van der Waals surface area contributed by atoms with Gasteiger partial charge in [0.25, 0.3) is 0 Å². The molecule has 2 amide bonds. The van der Waals surface area contributed by atoms with Gasteiger partial charge in [0, 0.05) is 18.8 Å². The standard InChI is InChI=1S/C12H18N2O4S/c1-2-6-19-7-3-13-12(17)14-4-5-18-9-10(14)8-11(15)16/h1,10H,3-9H2,(H,13,17)(H,15,16). The number of urea groups is 1. The fourth-order valence-electron chi connectivity index (χ4n) is 1.76. The molecule has 1 aliphatic rings. The molecule has 0 aromatic carbocycles. The van der Waals surface area contributed by atoms with Gasteiger partial charge < -0.3 is 20.1 Å². The highest BCUT2D eigenvalue weighted by Crippen LogP contribution is 2.10. The van der Waals surface area contributed by atoms with Crippen LogP contribution < -0.4 is 5.32 Å². The molecule has 106 valence electrons. The van der Waals surface area contributed by atoms with Crippen LogP contribution in [0.15, 0.2) is 0 Å². The van der Waals surface area contributed by atoms with Crippen LogP contribution in [0.5, 0.6) is 0 Å². The van der Waals surface area contributed by atoms with Gasteiger partial charge in [-0.3, -0.25) is 4.79 Å². The molecule has 19 heavy (non-hydrogen) atoms. The smallest absolute Gasteiger partial charge is 0.317 e. The molecule has 0 aromatic rings. The third kappa shape index (κ3) is 5.85. The average molecular weight is 286 g/mol. The van der Waals surface area contributed by atoms with Crippen molar-refractivity contribution < 1.29 is 19.4 Å². The van der Waals surface area contributed by atoms with Gasteiger partial charge >= 0.3 is 12.0 Å². The highest BCUT2D eigenvalue weighted by atomic mass is 32.2. The number of carbonyl (C=O) groups is 2. The zero-order valence-corrected chi connectivity index (χ0v) is 11.4. The highest BCUT2D eigenvalue weighted by molar-refractivity contribution is 7.99. The van der Waals surface area contributed by atoms with Crippen molar-refractivity contribution in [3.05, 3.63) is 0 Å². The molecule has 1 saturated heterocycles. The number of rotatable bonds is 6. The second kappa shape index (κ2) is 8.67. The molecular weight excluding hydrogens is 268 g/mol. The first kappa shape index (κ1) is 15.7. The van der Waals surface area contributed by atoms with E-state index in [0.717, 1.165) is 5.75 Å². The van der Waals surface area contributed by atoms with Crippen LogP contribution in [-0.2, 0) is 9.53 Å². The van der Waals surface area contributed by atoms with Crippen LogP contribution in [0.4, 0.5) is 4.79 Å². The Morgan fingerprint density at radius 1 is 1.58 bits per heavy atom. The molecule has 6 nitrogen and oxygen atoms in total. The lowest BCUT2D eigenvalue weighted by molar-refractivity contribution is -0.139. The minimum atomic E-state index is -0.933. The maximum Gasteiger partial charge on any atom is 0.317 e. The van der Waals surface area contributed by atoms with Gasteiger partial charge in [-0.1, -0.05) is 5.92 Å². The zero-order valence-electron chi connectivity index (χ0n) is 10.6. The number of carboxylic acid groups (broad SMARTS) is 1. The molecule has 1 heterocycles. The number of nitrogens with one attached hydrogen (secondary N) is 1. The lowest BCUT2D eigenvalue weighted by Gasteiger charge is -2.34. The minimum Gasteiger partial charge on any atom is -0.481 e. The van der Waals surface area contributed by atoms with E-state index in [1.165, 1.54) is 4.90 Å². The second-order valence-corrected chi connectivity index (χ2v) is 5.11. The summed E-state index contributed by atoms with van der Waals surface area (Å²) in [5.41, 5.74) is 0. The number of morpholine rings is 1. The molecule has 0 radical (unpaired) electrons. The van der Waals surface area contributed by atoms with Gasteiger partial charge in [-0.2, -0.15) is 0 Å². The number of thioether (sulfide) groups is 1. The van der Waals surface area contributed by atoms with Gasteiger partial charge in [-0.05, 0) is 0 Å². The van der Waals surface area contributed by atoms with Gasteiger partial charge in [-0.25, -0.2) is 4.79 Å². The van der Waals surface area contributed by atoms with Crippen molar-refractivity contribution >= 4 is 23.8 Å². The average Bonchev–Trinajstić information content (AvgIpc) is 2.38. The summed E-state index contributed by atoms with van der Waals surface area (Å²) in [5, 5.41) is 11.6. The van der Waals surface area contributed by atoms with E-state index < -0.39 is 12.0 Å². The lowest BCUT2D eigenvalue weighted by atomic mass is 10.1. The Bertz CT molecular complexity index is 356. The molecule has 1 aliphatic heterocycles. The normalized spacial score (nSPS) is 18.7. The van der Waals surface area contributed by atoms with E-state index in [2.05, 4.69) is 11.2 Å². The third-order valence-electron chi connectivity index (χ3n) is 2.61. The topological polar surface area (TPSA) is 78.9 Å². The molecule has 0 bridgehead atoms. The molecule has 0 saturated carbocycles. The van der Waals surface area contributed by atoms with Crippen LogP contribution in [0.3, 0.4) is 0 Å². The Morgan fingerprint density at radius 3 is 3.05 bits per heavy atom. The van der Waals surface area contributed by atoms with Crippen molar-refractivity contribution in [1.29, 1.82) is 0 Å². The van der Waals surface area contributed by atoms with E-state index in [0.29, 0.717) is 25.4 Å². The number of amides is 2. The van der Waals surface area contributed by atoms with E-state index in [1.807, 2.05) is 0 Å². The van der Waals surface area contributed by atoms with Crippen LogP contribution in [0, 0.1) is 12.3 Å². The Kier molecular flexibility index (Phi) is 7.15. The SMILES string of the molecule is C#CCSCCNC(=O)N1CCOCC1CC(=O)O. The monoisotopic (exact) mass is 286 g/mol. The Labute approximate surface area is 116 Å². The summed E-state index contributed by atoms with van der Waals surface area (Å²) in [4.78, 5) is 24.2. The van der Waals surface area contributed by atoms with E-state index in [9.17, 15) is 9.59 Å². The van der Waals surface area contributed by atoms with Gasteiger partial charge in [0.05, 0.1) is 31.4 Å². The van der Waals surface area contributed by atoms with Gasteiger partial charge in [0.1, 0.15) is 0 Å². The van der Waals surface area contributed by atoms with Gasteiger partial charge in [0.2, 0.25) is 0 Å². The van der Waals surface area contributed by atoms with Gasteiger partial charge in [-0.15, -0.1) is 18.2 Å². The first-order valence-corrected chi connectivity index (χ1v) is 7.16. The van der Waals surface area contributed by atoms with E-state index >= 15 is 0 Å². The number of aliphatic carboxylic acids is 1. The predicted molar refractivity (Wildman–Crippen MR) is 73.1 cm³/mol. The summed E-state index contributed by atoms with van der Waals surface area (Å²) >= 11 is 1.57. The van der Waals surface area contributed by atoms with Crippen LogP contribution in [0.25, 0.3) is 0 Å². The van der Waals surface area contributed by atoms with Crippen LogP contribution >= 0.6 is 11.8 Å². The summed E-state index contributed by atoms with van der Waals surface area (Å²) in [6, 6.07) is -0.638. The van der Waals surface area contributed by atoms with E-state index in [4.69, 9.17) is 16.3 Å². The maximum atomic E-state index is 11.9. The molecular formula is C12H18N2O4S. The molecule has 2 N–H and O–H groups in total. The molecule has 7 heteroatoms. The Morgan fingerprint density at radius 2 is 2.37 bits per heavy atom. The molecule has 0 spiro atoms. The Hall–Kier alpha value is -1.39. The summed E-state index contributed by atoms with van der Waals surface area (Å²) in [5.74, 6) is 2.93. The van der Waals surface area contributed by atoms with Gasteiger partial charge in [0.15, 0.2) is 0 Å². The summed E-state index contributed by atoms with van der Waals surface area (Å²) in [6.07, 6.45) is 5.02. The number of hydrogen-bond acceptors (Lipinski definition) is 4. The molecule has 0 aliphatic carbocycles. The molecule has 1 atom stereocenters. The largest absolute Gasteiger partial charge is 0.481 e. The maximum absolute atomic E-state index is 11.9. The highest BCUT2D eigenvalue weighted by Gasteiger charge is 2.28. The van der Waals surface area contributed by atoms with Crippen molar-refractivity contribution in [2.75, 3.05) is 37.8 Å². The zero-order chi connectivity index (χ0) is 14.1. The summed E-state index contributed by atoms with van der Waals surface area (Å²) in [7, 11) is 0. The lowest BCUT2D eigenvalue weighted by Crippen LogP contribution is -2.53. The van der Waals surface area contributed by atoms with Crippen LogP contribution in [0.2, 0.25) is 0 Å². The predicted octanol–water partition coefficient (Wildman–Crippen LogP) is 0.238. The first-order chi connectivity index (χ1) is 9.15. The molecule has 1 fully saturated rings.